The van der Waals surface area contributed by atoms with Crippen LogP contribution in [-0.2, 0) is 17.9 Å². The average molecular weight is 317 g/mol. The van der Waals surface area contributed by atoms with Crippen LogP contribution >= 0.6 is 11.6 Å². The first kappa shape index (κ1) is 13.8. The summed E-state index contributed by atoms with van der Waals surface area (Å²) >= 11 is 6.28. The Morgan fingerprint density at radius 3 is 2.95 bits per heavy atom. The van der Waals surface area contributed by atoms with E-state index in [9.17, 15) is 4.79 Å². The lowest BCUT2D eigenvalue weighted by atomic mass is 10.1. The minimum Gasteiger partial charge on any atom is -0.332 e. The zero-order chi connectivity index (χ0) is 15.4. The van der Waals surface area contributed by atoms with Gasteiger partial charge in [0.2, 0.25) is 5.91 Å². The normalized spacial score (nSPS) is 22.8. The second-order valence-electron chi connectivity index (χ2n) is 6.24. The zero-order valence-electron chi connectivity index (χ0n) is 12.6. The van der Waals surface area contributed by atoms with E-state index < -0.39 is 0 Å². The van der Waals surface area contributed by atoms with Gasteiger partial charge in [-0.05, 0) is 42.9 Å². The molecule has 1 amide bonds. The van der Waals surface area contributed by atoms with E-state index in [4.69, 9.17) is 11.6 Å². The third-order valence-corrected chi connectivity index (χ3v) is 5.36. The summed E-state index contributed by atoms with van der Waals surface area (Å²) in [6, 6.07) is 0. The topological polar surface area (TPSA) is 61.9 Å². The van der Waals surface area contributed by atoms with Gasteiger partial charge in [0.1, 0.15) is 0 Å². The number of halogens is 1. The Labute approximate surface area is 133 Å². The molecule has 4 rings (SSSR count). The molecule has 3 heterocycles. The molecule has 6 heteroatoms. The fourth-order valence-corrected chi connectivity index (χ4v) is 3.55. The van der Waals surface area contributed by atoms with Crippen LogP contribution in [0.4, 0.5) is 0 Å². The maximum Gasteiger partial charge on any atom is 0.226 e. The number of rotatable bonds is 2. The van der Waals surface area contributed by atoms with Crippen LogP contribution in [0.1, 0.15) is 40.4 Å². The SMILES string of the molecule is Cc1nc2c(c(C)c1Cl)CN(C(=O)[C@H]1C[C@@H]1c1cn[nH]c1)C2. The van der Waals surface area contributed by atoms with Crippen molar-refractivity contribution >= 4 is 17.5 Å². The fourth-order valence-electron chi connectivity index (χ4n) is 3.40. The zero-order valence-corrected chi connectivity index (χ0v) is 13.3. The van der Waals surface area contributed by atoms with Crippen molar-refractivity contribution in [1.29, 1.82) is 0 Å². The lowest BCUT2D eigenvalue weighted by molar-refractivity contribution is -0.133. The van der Waals surface area contributed by atoms with E-state index in [2.05, 4.69) is 15.2 Å². The van der Waals surface area contributed by atoms with E-state index in [1.54, 1.807) is 0 Å². The number of H-pyrrole nitrogens is 1. The number of carbonyl (C=O) groups excluding carboxylic acids is 1. The van der Waals surface area contributed by atoms with Crippen molar-refractivity contribution < 1.29 is 4.79 Å². The van der Waals surface area contributed by atoms with Gasteiger partial charge in [-0.1, -0.05) is 11.6 Å². The number of carbonyl (C=O) groups is 1. The van der Waals surface area contributed by atoms with Crippen LogP contribution in [0.3, 0.4) is 0 Å². The highest BCUT2D eigenvalue weighted by Gasteiger charge is 2.47. The van der Waals surface area contributed by atoms with Gasteiger partial charge in [0.25, 0.3) is 0 Å². The number of pyridine rings is 1. The van der Waals surface area contributed by atoms with Gasteiger partial charge in [0, 0.05) is 18.7 Å². The highest BCUT2D eigenvalue weighted by Crippen LogP contribution is 2.49. The fraction of sp³-hybridized carbons (Fsp3) is 0.438. The predicted octanol–water partition coefficient (Wildman–Crippen LogP) is 2.72. The van der Waals surface area contributed by atoms with Crippen molar-refractivity contribution in [1.82, 2.24) is 20.1 Å². The molecule has 0 radical (unpaired) electrons. The van der Waals surface area contributed by atoms with Crippen LogP contribution in [0.2, 0.25) is 5.02 Å². The molecule has 0 saturated heterocycles. The molecular weight excluding hydrogens is 300 g/mol. The maximum atomic E-state index is 12.7. The molecule has 1 fully saturated rings. The van der Waals surface area contributed by atoms with Crippen molar-refractivity contribution in [3.05, 3.63) is 45.5 Å². The van der Waals surface area contributed by atoms with Crippen LogP contribution in [-0.4, -0.2) is 26.0 Å². The standard InChI is InChI=1S/C16H17ClN4O/c1-8-13-6-21(7-14(13)20-9(2)15(8)17)16(22)12-3-11(12)10-4-18-19-5-10/h4-5,11-12H,3,6-7H2,1-2H3,(H,18,19)/t11-,12+/m1/s1. The summed E-state index contributed by atoms with van der Waals surface area (Å²) in [5.74, 6) is 0.621. The lowest BCUT2D eigenvalue weighted by Gasteiger charge is -2.15. The van der Waals surface area contributed by atoms with E-state index in [1.165, 1.54) is 0 Å². The summed E-state index contributed by atoms with van der Waals surface area (Å²) in [5.41, 5.74) is 5.14. The number of nitrogens with zero attached hydrogens (tertiary/aromatic N) is 3. The number of hydrogen-bond acceptors (Lipinski definition) is 3. The van der Waals surface area contributed by atoms with E-state index in [0.717, 1.165) is 39.5 Å². The molecule has 2 aromatic rings. The van der Waals surface area contributed by atoms with Crippen molar-refractivity contribution in [2.75, 3.05) is 0 Å². The summed E-state index contributed by atoms with van der Waals surface area (Å²) in [6.45, 7) is 5.15. The van der Waals surface area contributed by atoms with Gasteiger partial charge in [-0.25, -0.2) is 0 Å². The molecule has 22 heavy (non-hydrogen) atoms. The Balaban J connectivity index is 1.52. The second kappa shape index (κ2) is 4.81. The molecular formula is C16H17ClN4O. The number of hydrogen-bond donors (Lipinski definition) is 1. The number of aromatic amines is 1. The van der Waals surface area contributed by atoms with E-state index in [0.29, 0.717) is 19.0 Å². The van der Waals surface area contributed by atoms with Gasteiger partial charge < -0.3 is 4.90 Å². The molecule has 114 valence electrons. The molecule has 2 aliphatic rings. The average Bonchev–Trinajstić information content (AvgIpc) is 2.93. The lowest BCUT2D eigenvalue weighted by Crippen LogP contribution is -2.27. The number of aromatic nitrogens is 3. The summed E-state index contributed by atoms with van der Waals surface area (Å²) < 4.78 is 0. The van der Waals surface area contributed by atoms with Crippen LogP contribution in [0, 0.1) is 19.8 Å². The Bertz CT molecular complexity index is 756. The van der Waals surface area contributed by atoms with E-state index in [-0.39, 0.29) is 11.8 Å². The molecule has 5 nitrogen and oxygen atoms in total. The molecule has 2 aromatic heterocycles. The molecule has 1 aliphatic heterocycles. The summed E-state index contributed by atoms with van der Waals surface area (Å²) in [6.07, 6.45) is 4.61. The summed E-state index contributed by atoms with van der Waals surface area (Å²) in [5, 5.41) is 7.50. The molecule has 0 aromatic carbocycles. The number of aryl methyl sites for hydroxylation is 1. The van der Waals surface area contributed by atoms with Crippen molar-refractivity contribution in [2.45, 2.75) is 39.3 Å². The van der Waals surface area contributed by atoms with E-state index >= 15 is 0 Å². The van der Waals surface area contributed by atoms with Crippen molar-refractivity contribution in [3.8, 4) is 0 Å². The first-order valence-corrected chi connectivity index (χ1v) is 7.86. The maximum absolute atomic E-state index is 12.7. The van der Waals surface area contributed by atoms with Gasteiger partial charge in [-0.3, -0.25) is 14.9 Å². The molecule has 1 N–H and O–H groups in total. The molecule has 1 aliphatic carbocycles. The summed E-state index contributed by atoms with van der Waals surface area (Å²) in [7, 11) is 0. The van der Waals surface area contributed by atoms with Gasteiger partial charge in [0.05, 0.1) is 29.2 Å². The Hall–Kier alpha value is -1.88. The smallest absolute Gasteiger partial charge is 0.226 e. The Kier molecular flexibility index (Phi) is 3.01. The minimum atomic E-state index is 0.0868. The third-order valence-electron chi connectivity index (χ3n) is 4.81. The molecule has 0 bridgehead atoms. The van der Waals surface area contributed by atoms with E-state index in [1.807, 2.05) is 31.1 Å². The van der Waals surface area contributed by atoms with Crippen molar-refractivity contribution in [2.24, 2.45) is 5.92 Å². The Morgan fingerprint density at radius 1 is 1.41 bits per heavy atom. The summed E-state index contributed by atoms with van der Waals surface area (Å²) in [4.78, 5) is 19.2. The minimum absolute atomic E-state index is 0.0868. The molecule has 2 atom stereocenters. The largest absolute Gasteiger partial charge is 0.332 e. The number of fused-ring (bicyclic) bond motifs is 1. The van der Waals surface area contributed by atoms with Crippen molar-refractivity contribution in [3.63, 3.8) is 0 Å². The van der Waals surface area contributed by atoms with Gasteiger partial charge in [-0.15, -0.1) is 0 Å². The van der Waals surface area contributed by atoms with Crippen LogP contribution < -0.4 is 0 Å². The first-order valence-electron chi connectivity index (χ1n) is 7.48. The van der Waals surface area contributed by atoms with Gasteiger partial charge >= 0.3 is 0 Å². The first-order chi connectivity index (χ1) is 10.6. The van der Waals surface area contributed by atoms with Crippen LogP contribution in [0.25, 0.3) is 0 Å². The van der Waals surface area contributed by atoms with Crippen LogP contribution in [0.5, 0.6) is 0 Å². The molecule has 0 unspecified atom stereocenters. The molecule has 1 saturated carbocycles. The van der Waals surface area contributed by atoms with Gasteiger partial charge in [-0.2, -0.15) is 5.10 Å². The van der Waals surface area contributed by atoms with Crippen LogP contribution in [0.15, 0.2) is 12.4 Å². The highest BCUT2D eigenvalue weighted by atomic mass is 35.5. The third kappa shape index (κ3) is 2.03. The Morgan fingerprint density at radius 2 is 2.23 bits per heavy atom. The number of amides is 1. The molecule has 0 spiro atoms. The quantitative estimate of drug-likeness (QED) is 0.926. The van der Waals surface area contributed by atoms with Gasteiger partial charge in [0.15, 0.2) is 0 Å². The predicted molar refractivity (Wildman–Crippen MR) is 82.4 cm³/mol. The number of nitrogens with one attached hydrogen (secondary N) is 1. The monoisotopic (exact) mass is 316 g/mol. The second-order valence-corrected chi connectivity index (χ2v) is 6.61. The highest BCUT2D eigenvalue weighted by molar-refractivity contribution is 6.32.